The molecule has 1 N–H and O–H groups in total. The minimum atomic E-state index is -0.499. The molecule has 16 heavy (non-hydrogen) atoms. The molecule has 0 unspecified atom stereocenters. The zero-order valence-corrected chi connectivity index (χ0v) is 10.6. The number of rotatable bonds is 3. The van der Waals surface area contributed by atoms with Gasteiger partial charge in [-0.1, -0.05) is 13.0 Å². The van der Waals surface area contributed by atoms with Gasteiger partial charge in [-0.2, -0.15) is 0 Å². The van der Waals surface area contributed by atoms with Gasteiger partial charge in [-0.25, -0.2) is 4.39 Å². The summed E-state index contributed by atoms with van der Waals surface area (Å²) < 4.78 is 13.9. The van der Waals surface area contributed by atoms with Gasteiger partial charge in [0.05, 0.1) is 10.0 Å². The van der Waals surface area contributed by atoms with Crippen LogP contribution in [0, 0.1) is 11.2 Å². The molecule has 0 bridgehead atoms. The van der Waals surface area contributed by atoms with Crippen LogP contribution in [-0.4, -0.2) is 12.5 Å². The molecule has 1 aromatic rings. The molecular weight excluding hydrogens is 273 g/mol. The van der Waals surface area contributed by atoms with Crippen LogP contribution in [0.5, 0.6) is 0 Å². The quantitative estimate of drug-likeness (QED) is 0.908. The highest BCUT2D eigenvalue weighted by molar-refractivity contribution is 9.10. The Balaban J connectivity index is 2.05. The van der Waals surface area contributed by atoms with E-state index >= 15 is 0 Å². The molecular formula is C12H13BrFNO. The first-order valence-corrected chi connectivity index (χ1v) is 6.03. The lowest BCUT2D eigenvalue weighted by molar-refractivity contribution is 0.0942. The Labute approximate surface area is 102 Å². The van der Waals surface area contributed by atoms with Crippen molar-refractivity contribution < 1.29 is 9.18 Å². The average Bonchev–Trinajstić information content (AvgIpc) is 2.98. The molecule has 0 spiro atoms. The van der Waals surface area contributed by atoms with Crippen LogP contribution < -0.4 is 5.32 Å². The van der Waals surface area contributed by atoms with Crippen LogP contribution in [0.2, 0.25) is 0 Å². The topological polar surface area (TPSA) is 29.1 Å². The molecule has 0 atom stereocenters. The normalized spacial score (nSPS) is 16.9. The number of carbonyl (C=O) groups excluding carboxylic acids is 1. The minimum absolute atomic E-state index is 0.0959. The second-order valence-electron chi connectivity index (χ2n) is 4.59. The molecule has 2 rings (SSSR count). The first-order chi connectivity index (χ1) is 7.52. The van der Waals surface area contributed by atoms with Crippen molar-refractivity contribution in [3.63, 3.8) is 0 Å². The van der Waals surface area contributed by atoms with Gasteiger partial charge in [0.1, 0.15) is 5.82 Å². The monoisotopic (exact) mass is 285 g/mol. The Bertz CT molecular complexity index is 429. The number of carbonyl (C=O) groups is 1. The van der Waals surface area contributed by atoms with Gasteiger partial charge in [-0.05, 0) is 46.3 Å². The first-order valence-electron chi connectivity index (χ1n) is 5.24. The van der Waals surface area contributed by atoms with Crippen molar-refractivity contribution in [1.82, 2.24) is 5.32 Å². The van der Waals surface area contributed by atoms with Crippen molar-refractivity contribution >= 4 is 21.8 Å². The largest absolute Gasteiger partial charge is 0.351 e. The number of nitrogens with one attached hydrogen (secondary N) is 1. The van der Waals surface area contributed by atoms with Gasteiger partial charge in [0.2, 0.25) is 0 Å². The van der Waals surface area contributed by atoms with Crippen LogP contribution in [0.15, 0.2) is 22.7 Å². The van der Waals surface area contributed by atoms with E-state index in [1.54, 1.807) is 12.1 Å². The molecule has 4 heteroatoms. The summed E-state index contributed by atoms with van der Waals surface area (Å²) in [6, 6.07) is 4.72. The molecule has 1 aromatic carbocycles. The van der Waals surface area contributed by atoms with Crippen LogP contribution in [-0.2, 0) is 0 Å². The van der Waals surface area contributed by atoms with Crippen LogP contribution in [0.1, 0.15) is 30.1 Å². The van der Waals surface area contributed by atoms with Crippen molar-refractivity contribution in [1.29, 1.82) is 0 Å². The minimum Gasteiger partial charge on any atom is -0.351 e. The number of halogens is 2. The summed E-state index contributed by atoms with van der Waals surface area (Å²) in [6.45, 7) is 2.74. The first kappa shape index (κ1) is 11.6. The average molecular weight is 286 g/mol. The zero-order chi connectivity index (χ0) is 11.8. The summed E-state index contributed by atoms with van der Waals surface area (Å²) in [5.41, 5.74) is 0.330. The maximum absolute atomic E-state index is 13.6. The van der Waals surface area contributed by atoms with E-state index in [4.69, 9.17) is 0 Å². The third-order valence-corrected chi connectivity index (χ3v) is 3.59. The molecule has 1 aliphatic rings. The van der Waals surface area contributed by atoms with E-state index in [0.29, 0.717) is 11.0 Å². The Morgan fingerprint density at radius 2 is 2.25 bits per heavy atom. The van der Waals surface area contributed by atoms with Crippen LogP contribution in [0.3, 0.4) is 0 Å². The summed E-state index contributed by atoms with van der Waals surface area (Å²) in [4.78, 5) is 11.7. The number of hydrogen-bond donors (Lipinski definition) is 1. The Hall–Kier alpha value is -0.900. The van der Waals surface area contributed by atoms with Crippen molar-refractivity contribution in [2.24, 2.45) is 5.41 Å². The molecule has 1 fully saturated rings. The van der Waals surface area contributed by atoms with Gasteiger partial charge in [0, 0.05) is 6.54 Å². The summed E-state index contributed by atoms with van der Waals surface area (Å²) in [5, 5.41) is 2.77. The molecule has 0 saturated heterocycles. The lowest BCUT2D eigenvalue weighted by atomic mass is 10.1. The van der Waals surface area contributed by atoms with E-state index in [1.807, 2.05) is 0 Å². The van der Waals surface area contributed by atoms with Crippen LogP contribution >= 0.6 is 15.9 Å². The molecule has 0 heterocycles. The maximum atomic E-state index is 13.6. The van der Waals surface area contributed by atoms with E-state index in [-0.39, 0.29) is 16.9 Å². The zero-order valence-electron chi connectivity index (χ0n) is 9.02. The molecule has 0 radical (unpaired) electrons. The molecule has 1 saturated carbocycles. The summed E-state index contributed by atoms with van der Waals surface area (Å²) >= 11 is 3.06. The standard InChI is InChI=1S/C12H13BrFNO/c1-12(5-6-12)7-15-11(16)8-3-2-4-9(13)10(8)14/h2-4H,5-7H2,1H3,(H,15,16). The Morgan fingerprint density at radius 1 is 1.56 bits per heavy atom. The van der Waals surface area contributed by atoms with E-state index < -0.39 is 5.82 Å². The molecule has 0 aliphatic heterocycles. The number of hydrogen-bond acceptors (Lipinski definition) is 1. The van der Waals surface area contributed by atoms with Crippen LogP contribution in [0.25, 0.3) is 0 Å². The molecule has 1 aliphatic carbocycles. The van der Waals surface area contributed by atoms with E-state index in [2.05, 4.69) is 28.2 Å². The molecule has 2 nitrogen and oxygen atoms in total. The highest BCUT2D eigenvalue weighted by atomic mass is 79.9. The van der Waals surface area contributed by atoms with Crippen molar-refractivity contribution in [2.75, 3.05) is 6.54 Å². The van der Waals surface area contributed by atoms with E-state index in [9.17, 15) is 9.18 Å². The third-order valence-electron chi connectivity index (χ3n) is 2.98. The fraction of sp³-hybridized carbons (Fsp3) is 0.417. The Kier molecular flexibility index (Phi) is 3.02. The SMILES string of the molecule is CC1(CNC(=O)c2cccc(Br)c2F)CC1. The van der Waals surface area contributed by atoms with Gasteiger partial charge in [0.25, 0.3) is 5.91 Å². The highest BCUT2D eigenvalue weighted by Gasteiger charge is 2.37. The van der Waals surface area contributed by atoms with Gasteiger partial charge >= 0.3 is 0 Å². The fourth-order valence-corrected chi connectivity index (χ4v) is 1.82. The summed E-state index contributed by atoms with van der Waals surface area (Å²) in [6.07, 6.45) is 2.27. The number of benzene rings is 1. The molecule has 86 valence electrons. The van der Waals surface area contributed by atoms with E-state index in [0.717, 1.165) is 12.8 Å². The van der Waals surface area contributed by atoms with Gasteiger partial charge in [0.15, 0.2) is 0 Å². The second-order valence-corrected chi connectivity index (χ2v) is 5.45. The molecule has 0 aromatic heterocycles. The summed E-state index contributed by atoms with van der Waals surface area (Å²) in [5.74, 6) is -0.840. The predicted molar refractivity (Wildman–Crippen MR) is 63.8 cm³/mol. The lowest BCUT2D eigenvalue weighted by Crippen LogP contribution is -2.29. The fourth-order valence-electron chi connectivity index (χ4n) is 1.46. The maximum Gasteiger partial charge on any atom is 0.254 e. The Morgan fingerprint density at radius 3 is 2.88 bits per heavy atom. The van der Waals surface area contributed by atoms with Gasteiger partial charge in [-0.15, -0.1) is 0 Å². The highest BCUT2D eigenvalue weighted by Crippen LogP contribution is 2.44. The van der Waals surface area contributed by atoms with E-state index in [1.165, 1.54) is 6.07 Å². The van der Waals surface area contributed by atoms with Gasteiger partial charge in [-0.3, -0.25) is 4.79 Å². The lowest BCUT2D eigenvalue weighted by Gasteiger charge is -2.10. The predicted octanol–water partition coefficient (Wildman–Crippen LogP) is 3.12. The summed E-state index contributed by atoms with van der Waals surface area (Å²) in [7, 11) is 0. The number of amides is 1. The molecule has 1 amide bonds. The third kappa shape index (κ3) is 2.43. The van der Waals surface area contributed by atoms with Crippen molar-refractivity contribution in [3.05, 3.63) is 34.1 Å². The van der Waals surface area contributed by atoms with Gasteiger partial charge < -0.3 is 5.32 Å². The van der Waals surface area contributed by atoms with Crippen molar-refractivity contribution in [3.8, 4) is 0 Å². The van der Waals surface area contributed by atoms with Crippen molar-refractivity contribution in [2.45, 2.75) is 19.8 Å². The second kappa shape index (κ2) is 4.17. The van der Waals surface area contributed by atoms with Crippen LogP contribution in [0.4, 0.5) is 4.39 Å². The smallest absolute Gasteiger partial charge is 0.254 e.